The Morgan fingerprint density at radius 2 is 1.18 bits per heavy atom. The molecule has 0 aromatic carbocycles. The lowest BCUT2D eigenvalue weighted by molar-refractivity contribution is 0.285. The second-order valence-corrected chi connectivity index (χ2v) is 7.46. The molecular formula is C16H37NO4S. The van der Waals surface area contributed by atoms with Gasteiger partial charge in [0.2, 0.25) is 0 Å². The molecular weight excluding hydrogens is 302 g/mol. The van der Waals surface area contributed by atoms with E-state index in [2.05, 4.69) is 6.92 Å². The fraction of sp³-hybridized carbons (Fsp3) is 1.00. The van der Waals surface area contributed by atoms with Gasteiger partial charge >= 0.3 is 0 Å². The van der Waals surface area contributed by atoms with Crippen molar-refractivity contribution in [3.05, 3.63) is 0 Å². The molecule has 6 heteroatoms. The van der Waals surface area contributed by atoms with Gasteiger partial charge in [0.25, 0.3) is 10.1 Å². The maximum absolute atomic E-state index is 11.1. The van der Waals surface area contributed by atoms with Crippen LogP contribution in [0.5, 0.6) is 0 Å². The van der Waals surface area contributed by atoms with Crippen molar-refractivity contribution in [2.45, 2.75) is 84.0 Å². The lowest BCUT2D eigenvalue weighted by atomic mass is 10.1. The Balaban J connectivity index is 0. The quantitative estimate of drug-likeness (QED) is 0.324. The van der Waals surface area contributed by atoms with E-state index in [-0.39, 0.29) is 25.1 Å². The maximum Gasteiger partial charge on any atom is 0.269 e. The molecule has 0 atom stereocenters. The Bertz CT molecular complexity index is 307. The van der Waals surface area contributed by atoms with Crippen LogP contribution in [0.25, 0.3) is 0 Å². The minimum Gasteiger partial charge on any atom is -0.395 e. The minimum absolute atomic E-state index is 0. The van der Waals surface area contributed by atoms with Gasteiger partial charge in [-0.15, -0.1) is 0 Å². The van der Waals surface area contributed by atoms with Crippen LogP contribution in [0.15, 0.2) is 0 Å². The van der Waals surface area contributed by atoms with Crippen LogP contribution in [0.1, 0.15) is 84.0 Å². The third-order valence-electron chi connectivity index (χ3n) is 3.60. The highest BCUT2D eigenvalue weighted by atomic mass is 32.2. The average Bonchev–Trinajstić information content (AvgIpc) is 2.44. The summed E-state index contributed by atoms with van der Waals surface area (Å²) in [7, 11) is -3.50. The van der Waals surface area contributed by atoms with Crippen molar-refractivity contribution in [2.75, 3.05) is 19.0 Å². The molecule has 0 rings (SSSR count). The fourth-order valence-electron chi connectivity index (χ4n) is 2.30. The highest BCUT2D eigenvalue weighted by Crippen LogP contribution is 2.12. The van der Waals surface area contributed by atoms with Gasteiger partial charge in [-0.3, -0.25) is 4.18 Å². The van der Waals surface area contributed by atoms with E-state index < -0.39 is 10.1 Å². The SMILES string of the molecule is CCCCCCCCCCCCCCOS(=O)(=O)CCO.N. The van der Waals surface area contributed by atoms with E-state index >= 15 is 0 Å². The third-order valence-corrected chi connectivity index (χ3v) is 4.81. The summed E-state index contributed by atoms with van der Waals surface area (Å²) in [4.78, 5) is 0. The zero-order valence-electron chi connectivity index (χ0n) is 14.4. The predicted molar refractivity (Wildman–Crippen MR) is 92.9 cm³/mol. The molecule has 0 radical (unpaired) electrons. The molecule has 22 heavy (non-hydrogen) atoms. The van der Waals surface area contributed by atoms with Crippen molar-refractivity contribution in [2.24, 2.45) is 0 Å². The van der Waals surface area contributed by atoms with Crippen molar-refractivity contribution >= 4 is 10.1 Å². The van der Waals surface area contributed by atoms with Gasteiger partial charge in [-0.2, -0.15) is 8.42 Å². The molecule has 0 fully saturated rings. The van der Waals surface area contributed by atoms with Gasteiger partial charge in [0.1, 0.15) is 0 Å². The molecule has 0 saturated carbocycles. The summed E-state index contributed by atoms with van der Waals surface area (Å²) < 4.78 is 27.1. The number of aliphatic hydroxyl groups is 1. The molecule has 0 unspecified atom stereocenters. The molecule has 0 spiro atoms. The Labute approximate surface area is 137 Å². The molecule has 4 N–H and O–H groups in total. The molecule has 0 saturated heterocycles. The molecule has 0 heterocycles. The van der Waals surface area contributed by atoms with Crippen LogP contribution in [0.3, 0.4) is 0 Å². The summed E-state index contributed by atoms with van der Waals surface area (Å²) in [5, 5.41) is 8.55. The van der Waals surface area contributed by atoms with E-state index in [1.807, 2.05) is 0 Å². The molecule has 0 aromatic heterocycles. The Morgan fingerprint density at radius 3 is 1.59 bits per heavy atom. The largest absolute Gasteiger partial charge is 0.395 e. The van der Waals surface area contributed by atoms with E-state index in [1.165, 1.54) is 57.8 Å². The van der Waals surface area contributed by atoms with Crippen LogP contribution in [-0.2, 0) is 14.3 Å². The first-order valence-electron chi connectivity index (χ1n) is 8.60. The smallest absolute Gasteiger partial charge is 0.269 e. The number of hydrogen-bond donors (Lipinski definition) is 2. The van der Waals surface area contributed by atoms with Gasteiger partial charge < -0.3 is 11.3 Å². The molecule has 0 bridgehead atoms. The summed E-state index contributed by atoms with van der Waals surface area (Å²) in [6, 6.07) is 0. The van der Waals surface area contributed by atoms with Crippen molar-refractivity contribution in [3.8, 4) is 0 Å². The van der Waals surface area contributed by atoms with E-state index in [4.69, 9.17) is 9.29 Å². The second kappa shape index (κ2) is 17.2. The number of hydrogen-bond acceptors (Lipinski definition) is 5. The summed E-state index contributed by atoms with van der Waals surface area (Å²) in [5.41, 5.74) is 0. The Morgan fingerprint density at radius 1 is 0.773 bits per heavy atom. The highest BCUT2D eigenvalue weighted by molar-refractivity contribution is 7.86. The van der Waals surface area contributed by atoms with E-state index in [9.17, 15) is 8.42 Å². The lowest BCUT2D eigenvalue weighted by Crippen LogP contribution is -2.14. The zero-order valence-corrected chi connectivity index (χ0v) is 15.2. The lowest BCUT2D eigenvalue weighted by Gasteiger charge is -2.04. The molecule has 0 aliphatic heterocycles. The molecule has 0 aliphatic rings. The van der Waals surface area contributed by atoms with Crippen LogP contribution in [0.2, 0.25) is 0 Å². The second-order valence-electron chi connectivity index (χ2n) is 5.70. The molecule has 0 aromatic rings. The summed E-state index contributed by atoms with van der Waals surface area (Å²) >= 11 is 0. The van der Waals surface area contributed by atoms with Crippen LogP contribution in [0.4, 0.5) is 0 Å². The Hall–Kier alpha value is -0.170. The van der Waals surface area contributed by atoms with Crippen molar-refractivity contribution in [1.29, 1.82) is 0 Å². The highest BCUT2D eigenvalue weighted by Gasteiger charge is 2.08. The topological polar surface area (TPSA) is 98.6 Å². The van der Waals surface area contributed by atoms with E-state index in [0.717, 1.165) is 19.3 Å². The average molecular weight is 340 g/mol. The first kappa shape index (κ1) is 24.1. The first-order valence-corrected chi connectivity index (χ1v) is 10.2. The van der Waals surface area contributed by atoms with Crippen molar-refractivity contribution in [3.63, 3.8) is 0 Å². The monoisotopic (exact) mass is 339 g/mol. The molecule has 0 amide bonds. The van der Waals surface area contributed by atoms with Crippen molar-refractivity contribution < 1.29 is 17.7 Å². The molecule has 136 valence electrons. The zero-order chi connectivity index (χ0) is 15.8. The summed E-state index contributed by atoms with van der Waals surface area (Å²) in [6.45, 7) is 2.12. The Kier molecular flexibility index (Phi) is 18.8. The number of rotatable bonds is 16. The number of aliphatic hydroxyl groups excluding tert-OH is 1. The van der Waals surface area contributed by atoms with E-state index in [0.29, 0.717) is 0 Å². The summed E-state index contributed by atoms with van der Waals surface area (Å²) in [5.74, 6) is -0.300. The van der Waals surface area contributed by atoms with Gasteiger partial charge in [-0.25, -0.2) is 0 Å². The van der Waals surface area contributed by atoms with Crippen LogP contribution >= 0.6 is 0 Å². The number of unbranched alkanes of at least 4 members (excludes halogenated alkanes) is 11. The van der Waals surface area contributed by atoms with Crippen LogP contribution in [-0.4, -0.2) is 32.5 Å². The normalized spacial score (nSPS) is 11.4. The fourth-order valence-corrected chi connectivity index (χ4v) is 3.01. The molecule has 0 aliphatic carbocycles. The molecule has 5 nitrogen and oxygen atoms in total. The minimum atomic E-state index is -3.50. The van der Waals surface area contributed by atoms with Gasteiger partial charge in [0, 0.05) is 0 Å². The van der Waals surface area contributed by atoms with Gasteiger partial charge in [-0.1, -0.05) is 77.6 Å². The predicted octanol–water partition coefficient (Wildman–Crippen LogP) is 4.19. The van der Waals surface area contributed by atoms with E-state index in [1.54, 1.807) is 0 Å². The maximum atomic E-state index is 11.1. The first-order chi connectivity index (χ1) is 10.1. The van der Waals surface area contributed by atoms with Gasteiger partial charge in [0.15, 0.2) is 0 Å². The van der Waals surface area contributed by atoms with Crippen LogP contribution in [0, 0.1) is 0 Å². The van der Waals surface area contributed by atoms with Gasteiger partial charge in [0.05, 0.1) is 19.0 Å². The van der Waals surface area contributed by atoms with Crippen molar-refractivity contribution in [1.82, 2.24) is 6.15 Å². The third kappa shape index (κ3) is 17.9. The van der Waals surface area contributed by atoms with Gasteiger partial charge in [-0.05, 0) is 6.42 Å². The van der Waals surface area contributed by atoms with Crippen LogP contribution < -0.4 is 6.15 Å². The standard InChI is InChI=1S/C16H34O4S.H3N/c1-2-3-4-5-6-7-8-9-10-11-12-13-15-20-21(18,19)16-14-17;/h17H,2-16H2,1H3;1H3. The summed E-state index contributed by atoms with van der Waals surface area (Å²) in [6.07, 6.45) is 15.0.